The number of rotatable bonds is 3. The fourth-order valence-corrected chi connectivity index (χ4v) is 8.93. The van der Waals surface area contributed by atoms with E-state index in [1.165, 1.54) is 59.8 Å². The number of benzene rings is 9. The molecule has 0 saturated carbocycles. The number of hydrogen-bond donors (Lipinski definition) is 0. The molecule has 0 radical (unpaired) electrons. The summed E-state index contributed by atoms with van der Waals surface area (Å²) < 4.78 is 11.7. The highest BCUT2D eigenvalue weighted by atomic mass is 16.5. The van der Waals surface area contributed by atoms with Crippen LogP contribution in [-0.2, 0) is 0 Å². The van der Waals surface area contributed by atoms with Gasteiger partial charge in [0.1, 0.15) is 11.5 Å². The van der Waals surface area contributed by atoms with Crippen molar-refractivity contribution < 1.29 is 4.74 Å². The van der Waals surface area contributed by atoms with Crippen molar-refractivity contribution in [3.63, 3.8) is 0 Å². The van der Waals surface area contributed by atoms with Crippen molar-refractivity contribution in [1.29, 1.82) is 0 Å². The van der Waals surface area contributed by atoms with Gasteiger partial charge in [0.25, 0.3) is 0 Å². The van der Waals surface area contributed by atoms with Gasteiger partial charge in [-0.1, -0.05) is 121 Å². The summed E-state index contributed by atoms with van der Waals surface area (Å²) in [6.45, 7) is 0. The van der Waals surface area contributed by atoms with Gasteiger partial charge in [-0.15, -0.1) is 0 Å². The Bertz CT molecular complexity index is 3310. The van der Waals surface area contributed by atoms with Crippen LogP contribution < -0.4 is 4.74 Å². The Hall–Kier alpha value is -7.10. The fourth-order valence-electron chi connectivity index (χ4n) is 8.93. The summed E-state index contributed by atoms with van der Waals surface area (Å²) in [4.78, 5) is 0. The quantitative estimate of drug-likeness (QED) is 0.183. The highest BCUT2D eigenvalue weighted by Crippen LogP contribution is 2.51. The smallest absolute Gasteiger partial charge is 0.138 e. The zero-order valence-corrected chi connectivity index (χ0v) is 28.6. The highest BCUT2D eigenvalue weighted by Gasteiger charge is 2.25. The maximum Gasteiger partial charge on any atom is 0.138 e. The van der Waals surface area contributed by atoms with E-state index in [0.29, 0.717) is 0 Å². The SMILES string of the molecule is c1ccc(-n2c3ccccc3c3c4cccc5c4c(cc32)Oc2cc(-c3ccc4c6ccccc6n(-c6ccc7ccccc7c6)c4c3)ccc2-5)cc1. The Morgan fingerprint density at radius 1 is 0.321 bits per heavy atom. The van der Waals surface area contributed by atoms with E-state index >= 15 is 0 Å². The van der Waals surface area contributed by atoms with E-state index in [1.54, 1.807) is 0 Å². The van der Waals surface area contributed by atoms with E-state index in [9.17, 15) is 0 Å². The number of nitrogens with zero attached hydrogens (tertiary/aromatic N) is 2. The predicted molar refractivity (Wildman–Crippen MR) is 221 cm³/mol. The Labute approximate surface area is 305 Å². The van der Waals surface area contributed by atoms with Gasteiger partial charge in [-0.3, -0.25) is 0 Å². The Morgan fingerprint density at radius 3 is 1.89 bits per heavy atom. The molecule has 0 amide bonds. The largest absolute Gasteiger partial charge is 0.456 e. The second-order valence-electron chi connectivity index (χ2n) is 14.1. The van der Waals surface area contributed by atoms with Crippen LogP contribution in [0.4, 0.5) is 0 Å². The van der Waals surface area contributed by atoms with E-state index in [4.69, 9.17) is 4.74 Å². The van der Waals surface area contributed by atoms with Crippen LogP contribution in [0, 0.1) is 0 Å². The lowest BCUT2D eigenvalue weighted by molar-refractivity contribution is 0.488. The first-order chi connectivity index (χ1) is 26.3. The lowest BCUT2D eigenvalue weighted by atomic mass is 9.91. The number of para-hydroxylation sites is 3. The van der Waals surface area contributed by atoms with Crippen LogP contribution in [0.1, 0.15) is 0 Å². The molecule has 1 aliphatic rings. The van der Waals surface area contributed by atoms with Gasteiger partial charge in [0.2, 0.25) is 0 Å². The summed E-state index contributed by atoms with van der Waals surface area (Å²) in [5, 5.41) is 9.84. The van der Waals surface area contributed by atoms with Gasteiger partial charge >= 0.3 is 0 Å². The van der Waals surface area contributed by atoms with Crippen molar-refractivity contribution in [2.45, 2.75) is 0 Å². The van der Waals surface area contributed by atoms with Gasteiger partial charge in [0.05, 0.1) is 22.1 Å². The average molecular weight is 675 g/mol. The molecule has 0 aliphatic carbocycles. The molecule has 3 nitrogen and oxygen atoms in total. The third-order valence-electron chi connectivity index (χ3n) is 11.3. The molecular formula is C50H30N2O. The van der Waals surface area contributed by atoms with Crippen LogP contribution in [0.3, 0.4) is 0 Å². The molecular weight excluding hydrogens is 645 g/mol. The fraction of sp³-hybridized carbons (Fsp3) is 0. The van der Waals surface area contributed by atoms with E-state index in [2.05, 4.69) is 191 Å². The topological polar surface area (TPSA) is 19.1 Å². The minimum Gasteiger partial charge on any atom is -0.456 e. The lowest BCUT2D eigenvalue weighted by Crippen LogP contribution is -1.99. The highest BCUT2D eigenvalue weighted by molar-refractivity contribution is 6.25. The van der Waals surface area contributed by atoms with Crippen molar-refractivity contribution >= 4 is 65.2 Å². The van der Waals surface area contributed by atoms with Crippen LogP contribution in [0.2, 0.25) is 0 Å². The Balaban J connectivity index is 1.05. The van der Waals surface area contributed by atoms with E-state index < -0.39 is 0 Å². The van der Waals surface area contributed by atoms with Gasteiger partial charge < -0.3 is 13.9 Å². The van der Waals surface area contributed by atoms with Crippen molar-refractivity contribution in [3.05, 3.63) is 182 Å². The third kappa shape index (κ3) is 4.05. The molecule has 3 heteroatoms. The van der Waals surface area contributed by atoms with Gasteiger partial charge in [-0.05, 0) is 87.4 Å². The molecule has 0 fully saturated rings. The molecule has 0 spiro atoms. The summed E-state index contributed by atoms with van der Waals surface area (Å²) in [6.07, 6.45) is 0. The second-order valence-corrected chi connectivity index (χ2v) is 14.1. The molecule has 12 rings (SSSR count). The number of hydrogen-bond acceptors (Lipinski definition) is 1. The molecule has 0 saturated heterocycles. The van der Waals surface area contributed by atoms with E-state index in [0.717, 1.165) is 50.5 Å². The number of fused-ring (bicyclic) bond motifs is 10. The summed E-state index contributed by atoms with van der Waals surface area (Å²) in [7, 11) is 0. The maximum absolute atomic E-state index is 6.96. The van der Waals surface area contributed by atoms with Gasteiger partial charge in [-0.25, -0.2) is 0 Å². The Kier molecular flexibility index (Phi) is 5.77. The molecule has 53 heavy (non-hydrogen) atoms. The molecule has 0 N–H and O–H groups in total. The summed E-state index contributed by atoms with van der Waals surface area (Å²) in [5.41, 5.74) is 11.6. The maximum atomic E-state index is 6.96. The van der Waals surface area contributed by atoms with Gasteiger partial charge in [0, 0.05) is 49.9 Å². The van der Waals surface area contributed by atoms with Crippen LogP contribution >= 0.6 is 0 Å². The molecule has 11 aromatic rings. The zero-order chi connectivity index (χ0) is 34.6. The van der Waals surface area contributed by atoms with E-state index in [1.807, 2.05) is 0 Å². The lowest BCUT2D eigenvalue weighted by Gasteiger charge is -2.23. The monoisotopic (exact) mass is 674 g/mol. The molecule has 2 aromatic heterocycles. The standard InChI is InChI=1S/C50H30N2O/c1-2-13-35(14-3-1)51-44-20-9-7-16-41(44)49-42-18-10-17-40-39-26-23-34(29-47(39)53-48(50(40)42)30-46(49)51)33-22-25-38-37-15-6-8-19-43(37)52(45(38)28-33)36-24-21-31-11-4-5-12-32(31)27-36/h1-30H. The normalized spacial score (nSPS) is 12.3. The molecule has 1 aliphatic heterocycles. The summed E-state index contributed by atoms with van der Waals surface area (Å²) in [6, 6.07) is 65.9. The first-order valence-electron chi connectivity index (χ1n) is 18.2. The van der Waals surface area contributed by atoms with Gasteiger partial charge in [-0.2, -0.15) is 0 Å². The first-order valence-corrected chi connectivity index (χ1v) is 18.2. The number of aromatic nitrogens is 2. The molecule has 9 aromatic carbocycles. The summed E-state index contributed by atoms with van der Waals surface area (Å²) >= 11 is 0. The first kappa shape index (κ1) is 28.6. The van der Waals surface area contributed by atoms with Crippen molar-refractivity contribution in [3.8, 4) is 45.1 Å². The predicted octanol–water partition coefficient (Wildman–Crippen LogP) is 13.6. The van der Waals surface area contributed by atoms with Crippen molar-refractivity contribution in [2.75, 3.05) is 0 Å². The molecule has 246 valence electrons. The van der Waals surface area contributed by atoms with Crippen LogP contribution in [-0.4, -0.2) is 9.13 Å². The minimum atomic E-state index is 0.874. The Morgan fingerprint density at radius 2 is 1.00 bits per heavy atom. The number of ether oxygens (including phenoxy) is 1. The van der Waals surface area contributed by atoms with E-state index in [-0.39, 0.29) is 0 Å². The van der Waals surface area contributed by atoms with Crippen molar-refractivity contribution in [1.82, 2.24) is 9.13 Å². The minimum absolute atomic E-state index is 0.874. The third-order valence-corrected chi connectivity index (χ3v) is 11.3. The molecule has 3 heterocycles. The van der Waals surface area contributed by atoms with Crippen LogP contribution in [0.5, 0.6) is 11.5 Å². The molecule has 0 atom stereocenters. The molecule has 0 unspecified atom stereocenters. The van der Waals surface area contributed by atoms with Crippen LogP contribution in [0.25, 0.3) is 98.8 Å². The summed E-state index contributed by atoms with van der Waals surface area (Å²) in [5.74, 6) is 1.76. The zero-order valence-electron chi connectivity index (χ0n) is 28.6. The van der Waals surface area contributed by atoms with Crippen molar-refractivity contribution in [2.24, 2.45) is 0 Å². The second kappa shape index (κ2) is 10.7. The average Bonchev–Trinajstić information content (AvgIpc) is 3.73. The van der Waals surface area contributed by atoms with Crippen LogP contribution in [0.15, 0.2) is 182 Å². The molecule has 0 bridgehead atoms. The van der Waals surface area contributed by atoms with Gasteiger partial charge in [0.15, 0.2) is 0 Å².